The van der Waals surface area contributed by atoms with Gasteiger partial charge in [-0.3, -0.25) is 9.59 Å². The number of rotatable bonds is 7. The van der Waals surface area contributed by atoms with Gasteiger partial charge in [-0.1, -0.05) is 49.7 Å². The molecule has 2 amide bonds. The number of anilines is 1. The minimum Gasteiger partial charge on any atom is -0.484 e. The summed E-state index contributed by atoms with van der Waals surface area (Å²) < 4.78 is 5.43. The topological polar surface area (TPSA) is 67.4 Å². The van der Waals surface area contributed by atoms with E-state index in [1.807, 2.05) is 64.1 Å². The fraction of sp³-hybridized carbons (Fsp3) is 0.333. The highest BCUT2D eigenvalue weighted by molar-refractivity contribution is 5.98. The zero-order valence-corrected chi connectivity index (χ0v) is 15.7. The van der Waals surface area contributed by atoms with Crippen molar-refractivity contribution in [3.63, 3.8) is 0 Å². The second-order valence-electron chi connectivity index (χ2n) is 6.70. The summed E-state index contributed by atoms with van der Waals surface area (Å²) in [7, 11) is 0. The van der Waals surface area contributed by atoms with Crippen LogP contribution in [0.4, 0.5) is 5.69 Å². The lowest BCUT2D eigenvalue weighted by atomic mass is 10.0. The van der Waals surface area contributed by atoms with E-state index in [0.717, 1.165) is 16.8 Å². The number of hydrogen-bond donors (Lipinski definition) is 2. The number of nitrogens with one attached hydrogen (secondary N) is 2. The molecule has 0 fully saturated rings. The number of benzene rings is 2. The normalized spacial score (nSPS) is 11.7. The second kappa shape index (κ2) is 9.04. The Hall–Kier alpha value is -2.82. The van der Waals surface area contributed by atoms with E-state index >= 15 is 0 Å². The summed E-state index contributed by atoms with van der Waals surface area (Å²) in [5.41, 5.74) is 2.87. The Morgan fingerprint density at radius 1 is 1.04 bits per heavy atom. The van der Waals surface area contributed by atoms with Crippen molar-refractivity contribution in [3.8, 4) is 5.75 Å². The maximum atomic E-state index is 12.6. The number of carbonyl (C=O) groups is 2. The van der Waals surface area contributed by atoms with Crippen LogP contribution in [0.5, 0.6) is 5.75 Å². The Bertz CT molecular complexity index is 757. The van der Waals surface area contributed by atoms with Crippen molar-refractivity contribution in [3.05, 3.63) is 59.7 Å². The predicted octanol–water partition coefficient (Wildman–Crippen LogP) is 3.46. The highest BCUT2D eigenvalue weighted by atomic mass is 16.5. The van der Waals surface area contributed by atoms with Crippen LogP contribution in [0.15, 0.2) is 48.5 Å². The number of carbonyl (C=O) groups excluding carboxylic acids is 2. The second-order valence-corrected chi connectivity index (χ2v) is 6.70. The van der Waals surface area contributed by atoms with E-state index in [1.165, 1.54) is 0 Å². The molecule has 5 heteroatoms. The first-order valence-corrected chi connectivity index (χ1v) is 8.72. The molecule has 138 valence electrons. The summed E-state index contributed by atoms with van der Waals surface area (Å²) >= 11 is 0. The van der Waals surface area contributed by atoms with Crippen LogP contribution in [-0.2, 0) is 9.59 Å². The number of hydrogen-bond acceptors (Lipinski definition) is 3. The van der Waals surface area contributed by atoms with Crippen LogP contribution in [-0.4, -0.2) is 24.5 Å². The molecule has 0 aliphatic heterocycles. The lowest BCUT2D eigenvalue weighted by Crippen LogP contribution is -2.48. The number of para-hydroxylation sites is 1. The number of ether oxygens (including phenoxy) is 1. The molecule has 26 heavy (non-hydrogen) atoms. The van der Waals surface area contributed by atoms with E-state index in [2.05, 4.69) is 10.6 Å². The van der Waals surface area contributed by atoms with Crippen LogP contribution < -0.4 is 15.4 Å². The van der Waals surface area contributed by atoms with Crippen molar-refractivity contribution >= 4 is 17.5 Å². The molecule has 0 heterocycles. The van der Waals surface area contributed by atoms with Gasteiger partial charge < -0.3 is 15.4 Å². The smallest absolute Gasteiger partial charge is 0.258 e. The summed E-state index contributed by atoms with van der Waals surface area (Å²) in [6.45, 7) is 7.60. The molecule has 2 aromatic rings. The van der Waals surface area contributed by atoms with Gasteiger partial charge in [0.1, 0.15) is 11.8 Å². The largest absolute Gasteiger partial charge is 0.484 e. The molecular weight excluding hydrogens is 328 g/mol. The molecule has 5 nitrogen and oxygen atoms in total. The van der Waals surface area contributed by atoms with Gasteiger partial charge in [-0.2, -0.15) is 0 Å². The van der Waals surface area contributed by atoms with Crippen molar-refractivity contribution in [1.29, 1.82) is 0 Å². The van der Waals surface area contributed by atoms with Crippen molar-refractivity contribution in [2.24, 2.45) is 5.92 Å². The molecule has 2 N–H and O–H groups in total. The van der Waals surface area contributed by atoms with Crippen molar-refractivity contribution in [2.45, 2.75) is 33.7 Å². The zero-order chi connectivity index (χ0) is 19.1. The molecule has 2 aromatic carbocycles. The maximum Gasteiger partial charge on any atom is 0.258 e. The molecule has 0 saturated carbocycles. The van der Waals surface area contributed by atoms with Gasteiger partial charge >= 0.3 is 0 Å². The van der Waals surface area contributed by atoms with Gasteiger partial charge in [0, 0.05) is 5.69 Å². The summed E-state index contributed by atoms with van der Waals surface area (Å²) in [6, 6.07) is 14.3. The maximum absolute atomic E-state index is 12.6. The predicted molar refractivity (Wildman–Crippen MR) is 103 cm³/mol. The van der Waals surface area contributed by atoms with Gasteiger partial charge in [0.2, 0.25) is 5.91 Å². The molecule has 0 bridgehead atoms. The third-order valence-corrected chi connectivity index (χ3v) is 4.02. The molecule has 1 unspecified atom stereocenters. The van der Waals surface area contributed by atoms with E-state index in [-0.39, 0.29) is 24.3 Å². The van der Waals surface area contributed by atoms with Gasteiger partial charge in [-0.15, -0.1) is 0 Å². The van der Waals surface area contributed by atoms with Crippen molar-refractivity contribution < 1.29 is 14.3 Å². The van der Waals surface area contributed by atoms with Gasteiger partial charge in [-0.25, -0.2) is 0 Å². The Morgan fingerprint density at radius 2 is 1.73 bits per heavy atom. The standard InChI is InChI=1S/C21H26N2O3/c1-14(2)20(21(25)22-18-11-10-15(3)12-16(18)4)23-19(24)13-26-17-8-6-5-7-9-17/h5-12,14,20H,13H2,1-4H3,(H,22,25)(H,23,24). The highest BCUT2D eigenvalue weighted by Crippen LogP contribution is 2.17. The average molecular weight is 354 g/mol. The van der Waals surface area contributed by atoms with Crippen LogP contribution in [0.25, 0.3) is 0 Å². The van der Waals surface area contributed by atoms with E-state index in [4.69, 9.17) is 4.74 Å². The van der Waals surface area contributed by atoms with E-state index in [0.29, 0.717) is 5.75 Å². The van der Waals surface area contributed by atoms with Gasteiger partial charge in [0.05, 0.1) is 0 Å². The minimum atomic E-state index is -0.637. The summed E-state index contributed by atoms with van der Waals surface area (Å²) in [5, 5.41) is 5.67. The molecule has 0 saturated heterocycles. The quantitative estimate of drug-likeness (QED) is 0.800. The Balaban J connectivity index is 1.96. The van der Waals surface area contributed by atoms with Gasteiger partial charge in [-0.05, 0) is 43.5 Å². The summed E-state index contributed by atoms with van der Waals surface area (Å²) in [6.07, 6.45) is 0. The van der Waals surface area contributed by atoms with Crippen LogP contribution in [0, 0.1) is 19.8 Å². The van der Waals surface area contributed by atoms with E-state index in [9.17, 15) is 9.59 Å². The van der Waals surface area contributed by atoms with Crippen LogP contribution >= 0.6 is 0 Å². The average Bonchev–Trinajstić information content (AvgIpc) is 2.60. The molecule has 0 radical (unpaired) electrons. The fourth-order valence-electron chi connectivity index (χ4n) is 2.58. The number of aryl methyl sites for hydroxylation is 2. The van der Waals surface area contributed by atoms with E-state index in [1.54, 1.807) is 12.1 Å². The lowest BCUT2D eigenvalue weighted by molar-refractivity contribution is -0.128. The lowest BCUT2D eigenvalue weighted by Gasteiger charge is -2.22. The van der Waals surface area contributed by atoms with Gasteiger partial charge in [0.25, 0.3) is 5.91 Å². The van der Waals surface area contributed by atoms with E-state index < -0.39 is 6.04 Å². The molecule has 0 aliphatic carbocycles. The molecule has 0 aliphatic rings. The SMILES string of the molecule is Cc1ccc(NC(=O)C(NC(=O)COc2ccccc2)C(C)C)c(C)c1. The zero-order valence-electron chi connectivity index (χ0n) is 15.7. The van der Waals surface area contributed by atoms with Crippen LogP contribution in [0.2, 0.25) is 0 Å². The third-order valence-electron chi connectivity index (χ3n) is 4.02. The van der Waals surface area contributed by atoms with Gasteiger partial charge in [0.15, 0.2) is 6.61 Å². The summed E-state index contributed by atoms with van der Waals surface area (Å²) in [4.78, 5) is 24.8. The monoisotopic (exact) mass is 354 g/mol. The van der Waals surface area contributed by atoms with Crippen LogP contribution in [0.1, 0.15) is 25.0 Å². The molecular formula is C21H26N2O3. The first-order valence-electron chi connectivity index (χ1n) is 8.72. The Labute approximate surface area is 154 Å². The first kappa shape index (κ1) is 19.5. The first-order chi connectivity index (χ1) is 12.4. The van der Waals surface area contributed by atoms with Crippen molar-refractivity contribution in [1.82, 2.24) is 5.32 Å². The third kappa shape index (κ3) is 5.62. The van der Waals surface area contributed by atoms with Crippen molar-refractivity contribution in [2.75, 3.05) is 11.9 Å². The molecule has 2 rings (SSSR count). The van der Waals surface area contributed by atoms with Crippen LogP contribution in [0.3, 0.4) is 0 Å². The fourth-order valence-corrected chi connectivity index (χ4v) is 2.58. The summed E-state index contributed by atoms with van der Waals surface area (Å²) in [5.74, 6) is -0.00625. The highest BCUT2D eigenvalue weighted by Gasteiger charge is 2.24. The molecule has 1 atom stereocenters. The molecule has 0 spiro atoms. The Morgan fingerprint density at radius 3 is 2.35 bits per heavy atom. The number of amides is 2. The minimum absolute atomic E-state index is 0.0542. The molecule has 0 aromatic heterocycles. The Kier molecular flexibility index (Phi) is 6.78.